The number of nitrogens with two attached hydrogens (primary N) is 1. The number of rotatable bonds is 2. The molecule has 0 heterocycles. The van der Waals surface area contributed by atoms with Crippen molar-refractivity contribution in [3.63, 3.8) is 0 Å². The van der Waals surface area contributed by atoms with Gasteiger partial charge >= 0.3 is 6.18 Å². The number of nitrogens with one attached hydrogen (secondary N) is 1. The fourth-order valence-electron chi connectivity index (χ4n) is 1.71. The maximum atomic E-state index is 12.6. The zero-order chi connectivity index (χ0) is 15.6. The molecule has 0 aliphatic heterocycles. The van der Waals surface area contributed by atoms with Gasteiger partial charge in [0, 0.05) is 11.4 Å². The smallest absolute Gasteiger partial charge is 0.416 e. The molecule has 0 atom stereocenters. The fraction of sp³-hybridized carbons (Fsp3) is 0.0714. The Hall–Kier alpha value is -2.70. The van der Waals surface area contributed by atoms with Crippen LogP contribution in [0.15, 0.2) is 42.5 Å². The van der Waals surface area contributed by atoms with Crippen LogP contribution in [0.4, 0.5) is 24.5 Å². The van der Waals surface area contributed by atoms with Crippen LogP contribution in [0.25, 0.3) is 0 Å². The van der Waals surface area contributed by atoms with Gasteiger partial charge in [-0.1, -0.05) is 6.07 Å². The first-order chi connectivity index (χ1) is 9.77. The number of halogens is 3. The molecule has 2 aromatic rings. The van der Waals surface area contributed by atoms with Crippen molar-refractivity contribution in [2.24, 2.45) is 0 Å². The largest absolute Gasteiger partial charge is 0.508 e. The van der Waals surface area contributed by atoms with E-state index >= 15 is 0 Å². The van der Waals surface area contributed by atoms with Crippen LogP contribution < -0.4 is 11.1 Å². The lowest BCUT2D eigenvalue weighted by atomic mass is 10.1. The van der Waals surface area contributed by atoms with Crippen molar-refractivity contribution in [1.82, 2.24) is 0 Å². The Morgan fingerprint density at radius 1 is 1.14 bits per heavy atom. The van der Waals surface area contributed by atoms with Gasteiger partial charge in [-0.05, 0) is 36.4 Å². The highest BCUT2D eigenvalue weighted by Gasteiger charge is 2.30. The Labute approximate surface area is 118 Å². The highest BCUT2D eigenvalue weighted by atomic mass is 19.4. The van der Waals surface area contributed by atoms with Gasteiger partial charge < -0.3 is 16.2 Å². The number of benzene rings is 2. The maximum Gasteiger partial charge on any atom is 0.416 e. The van der Waals surface area contributed by atoms with E-state index < -0.39 is 17.6 Å². The minimum atomic E-state index is -4.50. The van der Waals surface area contributed by atoms with Gasteiger partial charge in [-0.25, -0.2) is 0 Å². The zero-order valence-corrected chi connectivity index (χ0v) is 10.6. The first-order valence-electron chi connectivity index (χ1n) is 5.84. The number of phenols is 1. The number of carbonyl (C=O) groups is 1. The van der Waals surface area contributed by atoms with Crippen molar-refractivity contribution < 1.29 is 23.1 Å². The molecule has 0 aliphatic carbocycles. The van der Waals surface area contributed by atoms with Crippen LogP contribution in [0.3, 0.4) is 0 Å². The van der Waals surface area contributed by atoms with Crippen molar-refractivity contribution in [3.05, 3.63) is 53.6 Å². The van der Waals surface area contributed by atoms with Crippen molar-refractivity contribution in [2.75, 3.05) is 11.1 Å². The summed E-state index contributed by atoms with van der Waals surface area (Å²) in [6, 6.07) is 8.00. The van der Waals surface area contributed by atoms with Gasteiger partial charge in [-0.3, -0.25) is 4.79 Å². The average Bonchev–Trinajstić information content (AvgIpc) is 2.41. The molecule has 0 spiro atoms. The number of hydrogen-bond acceptors (Lipinski definition) is 3. The number of amides is 1. The molecule has 2 rings (SSSR count). The third-order valence-electron chi connectivity index (χ3n) is 2.73. The molecule has 4 N–H and O–H groups in total. The number of aromatic hydroxyl groups is 1. The summed E-state index contributed by atoms with van der Waals surface area (Å²) < 4.78 is 37.7. The molecule has 0 aliphatic rings. The molecule has 1 amide bonds. The summed E-state index contributed by atoms with van der Waals surface area (Å²) in [5.41, 5.74) is 4.79. The van der Waals surface area contributed by atoms with Gasteiger partial charge in [0.25, 0.3) is 5.91 Å². The zero-order valence-electron chi connectivity index (χ0n) is 10.6. The molecule has 0 saturated carbocycles. The number of hydrogen-bond donors (Lipinski definition) is 3. The summed E-state index contributed by atoms with van der Waals surface area (Å²) in [5, 5.41) is 11.6. The van der Waals surface area contributed by atoms with Crippen LogP contribution in [0.2, 0.25) is 0 Å². The molecule has 4 nitrogen and oxygen atoms in total. The third kappa shape index (κ3) is 3.44. The molecule has 0 fully saturated rings. The van der Waals surface area contributed by atoms with Crippen LogP contribution in [0.5, 0.6) is 5.75 Å². The van der Waals surface area contributed by atoms with Crippen LogP contribution >= 0.6 is 0 Å². The fourth-order valence-corrected chi connectivity index (χ4v) is 1.71. The number of phenolic OH excluding ortho intramolecular Hbond substituents is 1. The Morgan fingerprint density at radius 2 is 1.86 bits per heavy atom. The number of anilines is 2. The molecule has 0 saturated heterocycles. The highest BCUT2D eigenvalue weighted by Crippen LogP contribution is 2.31. The first-order valence-corrected chi connectivity index (χ1v) is 5.84. The van der Waals surface area contributed by atoms with E-state index in [-0.39, 0.29) is 22.7 Å². The lowest BCUT2D eigenvalue weighted by Gasteiger charge is -2.11. The van der Waals surface area contributed by atoms with Gasteiger partial charge in [-0.2, -0.15) is 13.2 Å². The van der Waals surface area contributed by atoms with Gasteiger partial charge in [0.15, 0.2) is 0 Å². The summed E-state index contributed by atoms with van der Waals surface area (Å²) in [4.78, 5) is 12.0. The topological polar surface area (TPSA) is 75.3 Å². The second kappa shape index (κ2) is 5.35. The second-order valence-electron chi connectivity index (χ2n) is 4.30. The second-order valence-corrected chi connectivity index (χ2v) is 4.30. The molecule has 0 unspecified atom stereocenters. The van der Waals surface area contributed by atoms with E-state index in [0.29, 0.717) is 0 Å². The van der Waals surface area contributed by atoms with Gasteiger partial charge in [0.1, 0.15) is 5.75 Å². The van der Waals surface area contributed by atoms with E-state index in [4.69, 9.17) is 5.73 Å². The van der Waals surface area contributed by atoms with Crippen LogP contribution in [-0.4, -0.2) is 11.0 Å². The standard InChI is InChI=1S/C14H11F3N2O2/c15-14(16,17)8-2-1-3-9(6-8)19-13(21)11-7-10(20)4-5-12(11)18/h1-7,20H,18H2,(H,19,21). The molecule has 0 aromatic heterocycles. The first kappa shape index (κ1) is 14.7. The van der Waals surface area contributed by atoms with E-state index in [2.05, 4.69) is 5.32 Å². The SMILES string of the molecule is Nc1ccc(O)cc1C(=O)Nc1cccc(C(F)(F)F)c1. The van der Waals surface area contributed by atoms with Crippen molar-refractivity contribution in [3.8, 4) is 5.75 Å². The van der Waals surface area contributed by atoms with Crippen molar-refractivity contribution >= 4 is 17.3 Å². The Morgan fingerprint density at radius 3 is 2.52 bits per heavy atom. The molecular weight excluding hydrogens is 285 g/mol. The van der Waals surface area contributed by atoms with Gasteiger partial charge in [0.05, 0.1) is 11.1 Å². The molecule has 2 aromatic carbocycles. The minimum Gasteiger partial charge on any atom is -0.508 e. The summed E-state index contributed by atoms with van der Waals surface area (Å²) in [6.07, 6.45) is -4.50. The monoisotopic (exact) mass is 296 g/mol. The molecule has 7 heteroatoms. The highest BCUT2D eigenvalue weighted by molar-refractivity contribution is 6.08. The lowest BCUT2D eigenvalue weighted by molar-refractivity contribution is -0.137. The van der Waals surface area contributed by atoms with Gasteiger partial charge in [-0.15, -0.1) is 0 Å². The molecule has 21 heavy (non-hydrogen) atoms. The lowest BCUT2D eigenvalue weighted by Crippen LogP contribution is -2.14. The predicted molar refractivity (Wildman–Crippen MR) is 71.9 cm³/mol. The van der Waals surface area contributed by atoms with Gasteiger partial charge in [0.2, 0.25) is 0 Å². The third-order valence-corrected chi connectivity index (χ3v) is 2.73. The van der Waals surface area contributed by atoms with Crippen LogP contribution in [0.1, 0.15) is 15.9 Å². The predicted octanol–water partition coefficient (Wildman–Crippen LogP) is 3.25. The molecule has 0 bridgehead atoms. The summed E-state index contributed by atoms with van der Waals surface area (Å²) in [6.45, 7) is 0. The van der Waals surface area contributed by atoms with Crippen LogP contribution in [0, 0.1) is 0 Å². The number of nitrogen functional groups attached to an aromatic ring is 1. The molecule has 0 radical (unpaired) electrons. The number of alkyl halides is 3. The number of carbonyl (C=O) groups excluding carboxylic acids is 1. The summed E-state index contributed by atoms with van der Waals surface area (Å²) >= 11 is 0. The Kier molecular flexibility index (Phi) is 3.75. The Balaban J connectivity index is 2.26. The van der Waals surface area contributed by atoms with Crippen molar-refractivity contribution in [1.29, 1.82) is 0 Å². The quantitative estimate of drug-likeness (QED) is 0.588. The molecular formula is C14H11F3N2O2. The molecule has 110 valence electrons. The van der Waals surface area contributed by atoms with E-state index in [1.54, 1.807) is 0 Å². The van der Waals surface area contributed by atoms with Crippen LogP contribution in [-0.2, 0) is 6.18 Å². The average molecular weight is 296 g/mol. The normalized spacial score (nSPS) is 11.2. The van der Waals surface area contributed by atoms with E-state index in [1.165, 1.54) is 24.3 Å². The summed E-state index contributed by atoms with van der Waals surface area (Å²) in [5.74, 6) is -0.874. The summed E-state index contributed by atoms with van der Waals surface area (Å²) in [7, 11) is 0. The van der Waals surface area contributed by atoms with Crippen molar-refractivity contribution in [2.45, 2.75) is 6.18 Å². The minimum absolute atomic E-state index is 0.0161. The van der Waals surface area contributed by atoms with E-state index in [1.807, 2.05) is 0 Å². The van der Waals surface area contributed by atoms with E-state index in [0.717, 1.165) is 18.2 Å². The Bertz CT molecular complexity index is 684. The maximum absolute atomic E-state index is 12.6. The van der Waals surface area contributed by atoms with E-state index in [9.17, 15) is 23.1 Å².